The van der Waals surface area contributed by atoms with Crippen LogP contribution < -0.4 is 4.74 Å². The molecule has 0 N–H and O–H groups in total. The number of thioether (sulfide) groups is 1. The van der Waals surface area contributed by atoms with E-state index >= 15 is 0 Å². The molecule has 4 rings (SSSR count). The number of benzene rings is 1. The van der Waals surface area contributed by atoms with Crippen molar-refractivity contribution < 1.29 is 13.9 Å². The SMILES string of the molecule is Cc1c(C#N)c(SCc2cc(F)cc3c2OCOC3)nc2c1CCC2. The first kappa shape index (κ1) is 16.4. The average molecular weight is 356 g/mol. The predicted molar refractivity (Wildman–Crippen MR) is 92.0 cm³/mol. The minimum atomic E-state index is -0.304. The lowest BCUT2D eigenvalue weighted by Gasteiger charge is -2.21. The summed E-state index contributed by atoms with van der Waals surface area (Å²) in [5, 5.41) is 10.3. The molecule has 1 aromatic heterocycles. The summed E-state index contributed by atoms with van der Waals surface area (Å²) < 4.78 is 24.7. The van der Waals surface area contributed by atoms with Crippen LogP contribution in [0.5, 0.6) is 5.75 Å². The number of nitriles is 1. The molecule has 0 saturated carbocycles. The molecule has 0 unspecified atom stereocenters. The maximum absolute atomic E-state index is 13.9. The Kier molecular flexibility index (Phi) is 4.36. The van der Waals surface area contributed by atoms with Crippen LogP contribution in [0, 0.1) is 24.1 Å². The van der Waals surface area contributed by atoms with Crippen molar-refractivity contribution in [2.75, 3.05) is 6.79 Å². The van der Waals surface area contributed by atoms with Crippen molar-refractivity contribution in [2.24, 2.45) is 0 Å². The van der Waals surface area contributed by atoms with Crippen LogP contribution in [0.25, 0.3) is 0 Å². The zero-order valence-electron chi connectivity index (χ0n) is 13.9. The van der Waals surface area contributed by atoms with Gasteiger partial charge in [0.25, 0.3) is 0 Å². The van der Waals surface area contributed by atoms with Gasteiger partial charge in [-0.15, -0.1) is 11.8 Å². The molecule has 0 spiro atoms. The molecule has 0 amide bonds. The molecule has 0 atom stereocenters. The van der Waals surface area contributed by atoms with E-state index in [1.165, 1.54) is 29.5 Å². The van der Waals surface area contributed by atoms with Gasteiger partial charge in [-0.1, -0.05) is 0 Å². The van der Waals surface area contributed by atoms with Crippen molar-refractivity contribution in [1.29, 1.82) is 5.26 Å². The van der Waals surface area contributed by atoms with Crippen LogP contribution in [-0.4, -0.2) is 11.8 Å². The molecular weight excluding hydrogens is 339 g/mol. The Labute approximate surface area is 150 Å². The molecule has 6 heteroatoms. The smallest absolute Gasteiger partial charge is 0.189 e. The number of halogens is 1. The summed E-state index contributed by atoms with van der Waals surface area (Å²) in [6.07, 6.45) is 3.05. The Balaban J connectivity index is 1.66. The molecule has 2 aliphatic rings. The second-order valence-corrected chi connectivity index (χ2v) is 7.22. The molecule has 0 fully saturated rings. The number of rotatable bonds is 3. The highest BCUT2D eigenvalue weighted by molar-refractivity contribution is 7.98. The summed E-state index contributed by atoms with van der Waals surface area (Å²) in [5.41, 5.74) is 5.50. The topological polar surface area (TPSA) is 55.1 Å². The molecule has 1 aliphatic heterocycles. The van der Waals surface area contributed by atoms with Gasteiger partial charge >= 0.3 is 0 Å². The number of pyridine rings is 1. The second kappa shape index (κ2) is 6.66. The Morgan fingerprint density at radius 2 is 2.24 bits per heavy atom. The van der Waals surface area contributed by atoms with E-state index in [1.54, 1.807) is 0 Å². The summed E-state index contributed by atoms with van der Waals surface area (Å²) >= 11 is 1.47. The summed E-state index contributed by atoms with van der Waals surface area (Å²) in [7, 11) is 0. The van der Waals surface area contributed by atoms with Crippen molar-refractivity contribution in [3.63, 3.8) is 0 Å². The van der Waals surface area contributed by atoms with Gasteiger partial charge in [0.15, 0.2) is 6.79 Å². The van der Waals surface area contributed by atoms with Gasteiger partial charge in [0.2, 0.25) is 0 Å². The zero-order valence-corrected chi connectivity index (χ0v) is 14.7. The molecule has 2 aromatic rings. The van der Waals surface area contributed by atoms with Gasteiger partial charge in [-0.3, -0.25) is 0 Å². The Hall–Kier alpha value is -2.10. The van der Waals surface area contributed by atoms with Crippen LogP contribution in [0.15, 0.2) is 17.2 Å². The second-order valence-electron chi connectivity index (χ2n) is 6.26. The highest BCUT2D eigenvalue weighted by Gasteiger charge is 2.22. The van der Waals surface area contributed by atoms with Crippen molar-refractivity contribution in [3.05, 3.63) is 51.5 Å². The summed E-state index contributed by atoms with van der Waals surface area (Å²) in [5.74, 6) is 0.888. The standard InChI is InChI=1S/C19H17FN2O2S/c1-11-15-3-2-4-17(15)22-19(16(11)7-21)25-9-13-6-14(20)5-12-8-23-10-24-18(12)13/h5-6H,2-4,8-10H2,1H3. The predicted octanol–water partition coefficient (Wildman–Crippen LogP) is 4.05. The van der Waals surface area contributed by atoms with Gasteiger partial charge in [-0.2, -0.15) is 5.26 Å². The minimum absolute atomic E-state index is 0.177. The lowest BCUT2D eigenvalue weighted by Crippen LogP contribution is -2.13. The number of aromatic nitrogens is 1. The third-order valence-corrected chi connectivity index (χ3v) is 5.72. The first-order valence-electron chi connectivity index (χ1n) is 8.24. The Morgan fingerprint density at radius 1 is 1.36 bits per heavy atom. The van der Waals surface area contributed by atoms with Crippen molar-refractivity contribution >= 4 is 11.8 Å². The highest BCUT2D eigenvalue weighted by Crippen LogP contribution is 2.36. The molecule has 0 bridgehead atoms. The molecule has 1 aliphatic carbocycles. The Bertz CT molecular complexity index is 892. The zero-order chi connectivity index (χ0) is 17.4. The molecule has 128 valence electrons. The van der Waals surface area contributed by atoms with E-state index in [2.05, 4.69) is 6.07 Å². The van der Waals surface area contributed by atoms with Crippen LogP contribution in [0.1, 0.15) is 39.9 Å². The third kappa shape index (κ3) is 2.99. The lowest BCUT2D eigenvalue weighted by atomic mass is 10.0. The van der Waals surface area contributed by atoms with Crippen LogP contribution >= 0.6 is 11.8 Å². The third-order valence-electron chi connectivity index (χ3n) is 4.69. The van der Waals surface area contributed by atoms with E-state index < -0.39 is 0 Å². The van der Waals surface area contributed by atoms with Gasteiger partial charge in [0, 0.05) is 22.6 Å². The van der Waals surface area contributed by atoms with E-state index in [0.717, 1.165) is 46.7 Å². The van der Waals surface area contributed by atoms with E-state index in [9.17, 15) is 9.65 Å². The normalized spacial score (nSPS) is 15.2. The van der Waals surface area contributed by atoms with Crippen LogP contribution in [0.4, 0.5) is 4.39 Å². The van der Waals surface area contributed by atoms with Gasteiger partial charge in [0.1, 0.15) is 22.7 Å². The monoisotopic (exact) mass is 356 g/mol. The van der Waals surface area contributed by atoms with Crippen LogP contribution in [-0.2, 0) is 29.9 Å². The van der Waals surface area contributed by atoms with Gasteiger partial charge in [-0.05, 0) is 49.4 Å². The first-order valence-corrected chi connectivity index (χ1v) is 9.23. The van der Waals surface area contributed by atoms with E-state index in [4.69, 9.17) is 14.5 Å². The van der Waals surface area contributed by atoms with Crippen molar-refractivity contribution in [1.82, 2.24) is 4.98 Å². The average Bonchev–Trinajstić information content (AvgIpc) is 3.08. The van der Waals surface area contributed by atoms with Crippen LogP contribution in [0.2, 0.25) is 0 Å². The van der Waals surface area contributed by atoms with E-state index in [0.29, 0.717) is 23.7 Å². The molecular formula is C19H17FN2O2S. The van der Waals surface area contributed by atoms with Gasteiger partial charge in [-0.25, -0.2) is 9.37 Å². The fraction of sp³-hybridized carbons (Fsp3) is 0.368. The fourth-order valence-corrected chi connectivity index (χ4v) is 4.52. The summed E-state index contributed by atoms with van der Waals surface area (Å²) in [4.78, 5) is 4.72. The Morgan fingerprint density at radius 3 is 3.08 bits per heavy atom. The minimum Gasteiger partial charge on any atom is -0.467 e. The van der Waals surface area contributed by atoms with Gasteiger partial charge < -0.3 is 9.47 Å². The quantitative estimate of drug-likeness (QED) is 0.777. The highest BCUT2D eigenvalue weighted by atomic mass is 32.2. The maximum Gasteiger partial charge on any atom is 0.189 e. The largest absolute Gasteiger partial charge is 0.467 e. The molecule has 2 heterocycles. The van der Waals surface area contributed by atoms with E-state index in [-0.39, 0.29) is 12.6 Å². The van der Waals surface area contributed by atoms with E-state index in [1.807, 2.05) is 6.92 Å². The molecule has 0 radical (unpaired) electrons. The number of fused-ring (bicyclic) bond motifs is 2. The van der Waals surface area contributed by atoms with Crippen molar-refractivity contribution in [2.45, 2.75) is 43.6 Å². The number of hydrogen-bond donors (Lipinski definition) is 0. The summed E-state index contributed by atoms with van der Waals surface area (Å²) in [6.45, 7) is 2.53. The first-order chi connectivity index (χ1) is 12.2. The maximum atomic E-state index is 13.9. The summed E-state index contributed by atoms with van der Waals surface area (Å²) in [6, 6.07) is 5.23. The van der Waals surface area contributed by atoms with Crippen molar-refractivity contribution in [3.8, 4) is 11.8 Å². The lowest BCUT2D eigenvalue weighted by molar-refractivity contribution is -0.0171. The molecule has 1 aromatic carbocycles. The fourth-order valence-electron chi connectivity index (χ4n) is 3.49. The molecule has 4 nitrogen and oxygen atoms in total. The number of hydrogen-bond acceptors (Lipinski definition) is 5. The molecule has 0 saturated heterocycles. The number of ether oxygens (including phenoxy) is 2. The van der Waals surface area contributed by atoms with Gasteiger partial charge in [0.05, 0.1) is 12.2 Å². The molecule has 25 heavy (non-hydrogen) atoms. The number of nitrogens with zero attached hydrogens (tertiary/aromatic N) is 2. The van der Waals surface area contributed by atoms with Crippen LogP contribution in [0.3, 0.4) is 0 Å². The number of aryl methyl sites for hydroxylation is 1.